The third kappa shape index (κ3) is 4.11. The van der Waals surface area contributed by atoms with E-state index in [2.05, 4.69) is 15.9 Å². The van der Waals surface area contributed by atoms with Crippen molar-refractivity contribution < 1.29 is 14.3 Å². The number of aryl methyl sites for hydroxylation is 1. The Kier molecular flexibility index (Phi) is 5.05. The molecule has 0 saturated carbocycles. The van der Waals surface area contributed by atoms with Gasteiger partial charge in [0.1, 0.15) is 11.5 Å². The summed E-state index contributed by atoms with van der Waals surface area (Å²) in [6.07, 6.45) is 3.36. The van der Waals surface area contributed by atoms with Crippen molar-refractivity contribution in [2.75, 3.05) is 7.11 Å². The molecule has 0 saturated heterocycles. The lowest BCUT2D eigenvalue weighted by Gasteiger charge is -2.11. The zero-order valence-corrected chi connectivity index (χ0v) is 12.4. The number of methoxy groups -OCH3 is 1. The number of furan rings is 1. The van der Waals surface area contributed by atoms with Gasteiger partial charge in [-0.15, -0.1) is 0 Å². The summed E-state index contributed by atoms with van der Waals surface area (Å²) < 4.78 is 11.3. The molecule has 1 unspecified atom stereocenters. The molecule has 3 nitrogen and oxygen atoms in total. The van der Waals surface area contributed by atoms with Crippen LogP contribution < -0.4 is 4.74 Å². The molecule has 1 atom stereocenters. The Morgan fingerprint density at radius 2 is 2.21 bits per heavy atom. The second-order valence-electron chi connectivity index (χ2n) is 4.44. The maximum atomic E-state index is 10.0. The molecule has 0 spiro atoms. The van der Waals surface area contributed by atoms with Crippen LogP contribution in [0.15, 0.2) is 45.5 Å². The minimum absolute atomic E-state index is 0.370. The Morgan fingerprint density at radius 1 is 1.37 bits per heavy atom. The van der Waals surface area contributed by atoms with E-state index in [0.29, 0.717) is 12.8 Å². The zero-order chi connectivity index (χ0) is 13.7. The SMILES string of the molecule is COc1ccc(CC(O)CCc2ccco2)cc1Br. The molecule has 0 aliphatic carbocycles. The van der Waals surface area contributed by atoms with Gasteiger partial charge in [0.2, 0.25) is 0 Å². The number of aliphatic hydroxyl groups excluding tert-OH is 1. The molecule has 1 heterocycles. The van der Waals surface area contributed by atoms with E-state index in [-0.39, 0.29) is 6.10 Å². The van der Waals surface area contributed by atoms with Gasteiger partial charge in [0.25, 0.3) is 0 Å². The van der Waals surface area contributed by atoms with E-state index < -0.39 is 0 Å². The Morgan fingerprint density at radius 3 is 2.84 bits per heavy atom. The van der Waals surface area contributed by atoms with Gasteiger partial charge < -0.3 is 14.3 Å². The van der Waals surface area contributed by atoms with Crippen LogP contribution in [-0.2, 0) is 12.8 Å². The van der Waals surface area contributed by atoms with E-state index in [4.69, 9.17) is 9.15 Å². The summed E-state index contributed by atoms with van der Waals surface area (Å²) >= 11 is 3.45. The molecule has 0 aliphatic heterocycles. The lowest BCUT2D eigenvalue weighted by molar-refractivity contribution is 0.163. The number of benzene rings is 1. The van der Waals surface area contributed by atoms with Crippen LogP contribution in [0.5, 0.6) is 5.75 Å². The van der Waals surface area contributed by atoms with Gasteiger partial charge in [0.15, 0.2) is 0 Å². The van der Waals surface area contributed by atoms with E-state index in [9.17, 15) is 5.11 Å². The number of rotatable bonds is 6. The molecule has 2 aromatic rings. The average Bonchev–Trinajstić information content (AvgIpc) is 2.90. The third-order valence-corrected chi connectivity index (χ3v) is 3.61. The van der Waals surface area contributed by atoms with E-state index in [1.54, 1.807) is 13.4 Å². The van der Waals surface area contributed by atoms with Crippen molar-refractivity contribution in [2.24, 2.45) is 0 Å². The summed E-state index contributed by atoms with van der Waals surface area (Å²) in [6.45, 7) is 0. The van der Waals surface area contributed by atoms with Crippen molar-refractivity contribution in [2.45, 2.75) is 25.4 Å². The van der Waals surface area contributed by atoms with Crippen molar-refractivity contribution in [1.82, 2.24) is 0 Å². The fourth-order valence-corrected chi connectivity index (χ4v) is 2.56. The Labute approximate surface area is 121 Å². The lowest BCUT2D eigenvalue weighted by atomic mass is 10.0. The Hall–Kier alpha value is -1.26. The van der Waals surface area contributed by atoms with Gasteiger partial charge in [0, 0.05) is 6.42 Å². The van der Waals surface area contributed by atoms with Gasteiger partial charge in [0.05, 0.1) is 23.9 Å². The molecule has 0 radical (unpaired) electrons. The first-order valence-corrected chi connectivity index (χ1v) is 7.01. The van der Waals surface area contributed by atoms with E-state index in [0.717, 1.165) is 28.0 Å². The number of ether oxygens (including phenoxy) is 1. The minimum Gasteiger partial charge on any atom is -0.496 e. The van der Waals surface area contributed by atoms with Crippen molar-refractivity contribution in [3.8, 4) is 5.75 Å². The van der Waals surface area contributed by atoms with E-state index in [1.165, 1.54) is 0 Å². The van der Waals surface area contributed by atoms with E-state index in [1.807, 2.05) is 30.3 Å². The molecular formula is C15H17BrO3. The molecule has 1 aromatic heterocycles. The second-order valence-corrected chi connectivity index (χ2v) is 5.30. The van der Waals surface area contributed by atoms with Crippen LogP contribution in [0.2, 0.25) is 0 Å². The fraction of sp³-hybridized carbons (Fsp3) is 0.333. The number of hydrogen-bond acceptors (Lipinski definition) is 3. The van der Waals surface area contributed by atoms with Crippen LogP contribution in [0.3, 0.4) is 0 Å². The highest BCUT2D eigenvalue weighted by molar-refractivity contribution is 9.10. The van der Waals surface area contributed by atoms with Gasteiger partial charge in [-0.25, -0.2) is 0 Å². The summed E-state index contributed by atoms with van der Waals surface area (Å²) in [7, 11) is 1.64. The van der Waals surface area contributed by atoms with Crippen molar-refractivity contribution in [3.05, 3.63) is 52.4 Å². The summed E-state index contributed by atoms with van der Waals surface area (Å²) in [5, 5.41) is 10.0. The summed E-state index contributed by atoms with van der Waals surface area (Å²) in [5.41, 5.74) is 1.08. The molecule has 0 aliphatic rings. The number of halogens is 1. The van der Waals surface area contributed by atoms with Crippen LogP contribution in [0, 0.1) is 0 Å². The summed E-state index contributed by atoms with van der Waals surface area (Å²) in [4.78, 5) is 0. The highest BCUT2D eigenvalue weighted by atomic mass is 79.9. The predicted molar refractivity (Wildman–Crippen MR) is 77.4 cm³/mol. The van der Waals surface area contributed by atoms with Gasteiger partial charge in [-0.3, -0.25) is 0 Å². The fourth-order valence-electron chi connectivity index (χ4n) is 1.97. The molecule has 19 heavy (non-hydrogen) atoms. The molecule has 0 bridgehead atoms. The highest BCUT2D eigenvalue weighted by Gasteiger charge is 2.09. The number of aliphatic hydroxyl groups is 1. The maximum Gasteiger partial charge on any atom is 0.133 e. The van der Waals surface area contributed by atoms with Gasteiger partial charge in [-0.2, -0.15) is 0 Å². The van der Waals surface area contributed by atoms with Crippen LogP contribution in [-0.4, -0.2) is 18.3 Å². The average molecular weight is 325 g/mol. The standard InChI is InChI=1S/C15H17BrO3/c1-18-15-7-4-11(10-14(15)16)9-12(17)5-6-13-3-2-8-19-13/h2-4,7-8,10,12,17H,5-6,9H2,1H3. The Bertz CT molecular complexity index is 508. The third-order valence-electron chi connectivity index (χ3n) is 2.99. The van der Waals surface area contributed by atoms with E-state index >= 15 is 0 Å². The minimum atomic E-state index is -0.370. The highest BCUT2D eigenvalue weighted by Crippen LogP contribution is 2.26. The molecule has 1 aromatic carbocycles. The normalized spacial score (nSPS) is 12.4. The predicted octanol–water partition coefficient (Wildman–Crippen LogP) is 3.59. The Balaban J connectivity index is 1.88. The second kappa shape index (κ2) is 6.78. The van der Waals surface area contributed by atoms with Crippen LogP contribution >= 0.6 is 15.9 Å². The van der Waals surface area contributed by atoms with Crippen molar-refractivity contribution in [3.63, 3.8) is 0 Å². The lowest BCUT2D eigenvalue weighted by Crippen LogP contribution is -2.11. The number of hydrogen-bond donors (Lipinski definition) is 1. The maximum absolute atomic E-state index is 10.0. The summed E-state index contributed by atoms with van der Waals surface area (Å²) in [6, 6.07) is 9.65. The first-order chi connectivity index (χ1) is 9.19. The first kappa shape index (κ1) is 14.2. The first-order valence-electron chi connectivity index (χ1n) is 6.22. The van der Waals surface area contributed by atoms with Crippen molar-refractivity contribution >= 4 is 15.9 Å². The van der Waals surface area contributed by atoms with Gasteiger partial charge >= 0.3 is 0 Å². The molecule has 2 rings (SSSR count). The smallest absolute Gasteiger partial charge is 0.133 e. The monoisotopic (exact) mass is 324 g/mol. The van der Waals surface area contributed by atoms with Gasteiger partial charge in [-0.05, 0) is 58.6 Å². The zero-order valence-electron chi connectivity index (χ0n) is 10.8. The molecule has 0 amide bonds. The summed E-state index contributed by atoms with van der Waals surface area (Å²) in [5.74, 6) is 1.71. The molecule has 0 fully saturated rings. The van der Waals surface area contributed by atoms with Crippen LogP contribution in [0.25, 0.3) is 0 Å². The van der Waals surface area contributed by atoms with Gasteiger partial charge in [-0.1, -0.05) is 6.07 Å². The molecular weight excluding hydrogens is 308 g/mol. The molecule has 102 valence electrons. The molecule has 1 N–H and O–H groups in total. The topological polar surface area (TPSA) is 42.6 Å². The largest absolute Gasteiger partial charge is 0.496 e. The quantitative estimate of drug-likeness (QED) is 0.883. The molecule has 4 heteroatoms. The van der Waals surface area contributed by atoms with Crippen molar-refractivity contribution in [1.29, 1.82) is 0 Å². The van der Waals surface area contributed by atoms with Crippen LogP contribution in [0.1, 0.15) is 17.7 Å². The van der Waals surface area contributed by atoms with Crippen LogP contribution in [0.4, 0.5) is 0 Å².